The number of aromatic nitrogens is 3. The highest BCUT2D eigenvalue weighted by Gasteiger charge is 2.34. The Labute approximate surface area is 122 Å². The van der Waals surface area contributed by atoms with Crippen LogP contribution in [-0.4, -0.2) is 50.3 Å². The number of hydrogen-bond acceptors (Lipinski definition) is 4. The molecule has 2 atom stereocenters. The maximum Gasteiger partial charge on any atom is 0.254 e. The highest BCUT2D eigenvalue weighted by Crippen LogP contribution is 2.22. The van der Waals surface area contributed by atoms with Gasteiger partial charge in [0.15, 0.2) is 0 Å². The number of aryl methyl sites for hydroxylation is 1. The van der Waals surface area contributed by atoms with Crippen LogP contribution in [0, 0.1) is 12.8 Å². The van der Waals surface area contributed by atoms with Gasteiger partial charge >= 0.3 is 0 Å². The number of likely N-dealkylation sites (tertiary alicyclic amines) is 1. The van der Waals surface area contributed by atoms with Crippen molar-refractivity contribution in [3.63, 3.8) is 0 Å². The fourth-order valence-corrected chi connectivity index (χ4v) is 2.75. The summed E-state index contributed by atoms with van der Waals surface area (Å²) in [6.45, 7) is 2.87. The third-order valence-electron chi connectivity index (χ3n) is 3.85. The van der Waals surface area contributed by atoms with Gasteiger partial charge in [0.2, 0.25) is 0 Å². The highest BCUT2D eigenvalue weighted by molar-refractivity contribution is 5.94. The number of H-pyrrole nitrogens is 1. The lowest BCUT2D eigenvalue weighted by Crippen LogP contribution is -2.29. The van der Waals surface area contributed by atoms with Gasteiger partial charge < -0.3 is 10.0 Å². The minimum absolute atomic E-state index is 0.0264. The van der Waals surface area contributed by atoms with Crippen LogP contribution in [0.1, 0.15) is 21.7 Å². The van der Waals surface area contributed by atoms with Crippen molar-refractivity contribution < 1.29 is 9.90 Å². The van der Waals surface area contributed by atoms with E-state index in [1.807, 2.05) is 13.0 Å². The lowest BCUT2D eigenvalue weighted by atomic mass is 10.0. The van der Waals surface area contributed by atoms with Crippen LogP contribution in [0.15, 0.2) is 30.6 Å². The predicted octanol–water partition coefficient (Wildman–Crippen LogP) is 0.789. The van der Waals surface area contributed by atoms with Gasteiger partial charge in [-0.2, -0.15) is 5.10 Å². The SMILES string of the molecule is Cc1cc(C[C@@H]2CN(C(=O)c3ccncc3)C[C@H]2O)n[nH]1. The second kappa shape index (κ2) is 5.65. The molecule has 1 fully saturated rings. The van der Waals surface area contributed by atoms with E-state index < -0.39 is 6.10 Å². The average Bonchev–Trinajstić information content (AvgIpc) is 3.06. The van der Waals surface area contributed by atoms with Crippen molar-refractivity contribution in [3.05, 3.63) is 47.5 Å². The Morgan fingerprint density at radius 3 is 2.86 bits per heavy atom. The minimum atomic E-state index is -0.507. The summed E-state index contributed by atoms with van der Waals surface area (Å²) in [6, 6.07) is 5.36. The standard InChI is InChI=1S/C15H18N4O2/c1-10-6-13(18-17-10)7-12-8-19(9-14(12)20)15(21)11-2-4-16-5-3-11/h2-6,12,14,20H,7-9H2,1H3,(H,17,18)/t12-,14-/m1/s1. The van der Waals surface area contributed by atoms with E-state index in [0.29, 0.717) is 25.1 Å². The van der Waals surface area contributed by atoms with Gasteiger partial charge in [0.1, 0.15) is 0 Å². The number of aliphatic hydroxyl groups is 1. The number of amides is 1. The number of carbonyl (C=O) groups is 1. The molecule has 110 valence electrons. The summed E-state index contributed by atoms with van der Waals surface area (Å²) in [5.74, 6) is -0.0318. The molecule has 2 aromatic heterocycles. The first-order valence-electron chi connectivity index (χ1n) is 7.01. The van der Waals surface area contributed by atoms with Crippen LogP contribution >= 0.6 is 0 Å². The molecule has 0 saturated carbocycles. The predicted molar refractivity (Wildman–Crippen MR) is 76.7 cm³/mol. The van der Waals surface area contributed by atoms with Crippen LogP contribution in [0.25, 0.3) is 0 Å². The number of nitrogens with one attached hydrogen (secondary N) is 1. The summed E-state index contributed by atoms with van der Waals surface area (Å²) in [4.78, 5) is 18.0. The maximum absolute atomic E-state index is 12.4. The van der Waals surface area contributed by atoms with Crippen molar-refractivity contribution in [2.45, 2.75) is 19.4 Å². The van der Waals surface area contributed by atoms with E-state index in [9.17, 15) is 9.90 Å². The van der Waals surface area contributed by atoms with Crippen molar-refractivity contribution in [1.29, 1.82) is 0 Å². The number of nitrogens with zero attached hydrogens (tertiary/aromatic N) is 3. The maximum atomic E-state index is 12.4. The molecule has 0 aliphatic carbocycles. The number of rotatable bonds is 3. The van der Waals surface area contributed by atoms with E-state index in [4.69, 9.17) is 0 Å². The lowest BCUT2D eigenvalue weighted by Gasteiger charge is -2.15. The summed E-state index contributed by atoms with van der Waals surface area (Å²) < 4.78 is 0. The van der Waals surface area contributed by atoms with Gasteiger partial charge in [0.25, 0.3) is 5.91 Å². The molecule has 1 aliphatic heterocycles. The van der Waals surface area contributed by atoms with Crippen LogP contribution in [-0.2, 0) is 6.42 Å². The highest BCUT2D eigenvalue weighted by atomic mass is 16.3. The number of aliphatic hydroxyl groups excluding tert-OH is 1. The average molecular weight is 286 g/mol. The Balaban J connectivity index is 1.67. The first-order chi connectivity index (χ1) is 10.1. The molecule has 3 rings (SSSR count). The van der Waals surface area contributed by atoms with Crippen molar-refractivity contribution in [1.82, 2.24) is 20.1 Å². The van der Waals surface area contributed by atoms with Crippen LogP contribution in [0.2, 0.25) is 0 Å². The Morgan fingerprint density at radius 2 is 2.19 bits per heavy atom. The molecule has 0 unspecified atom stereocenters. The third kappa shape index (κ3) is 2.95. The molecule has 1 saturated heterocycles. The molecule has 0 bridgehead atoms. The van der Waals surface area contributed by atoms with Crippen LogP contribution in [0.3, 0.4) is 0 Å². The van der Waals surface area contributed by atoms with Crippen LogP contribution in [0.4, 0.5) is 0 Å². The van der Waals surface area contributed by atoms with E-state index in [2.05, 4.69) is 15.2 Å². The topological polar surface area (TPSA) is 82.1 Å². The first-order valence-corrected chi connectivity index (χ1v) is 7.01. The molecule has 1 amide bonds. The molecular formula is C15H18N4O2. The Hall–Kier alpha value is -2.21. The van der Waals surface area contributed by atoms with E-state index >= 15 is 0 Å². The van der Waals surface area contributed by atoms with Gasteiger partial charge in [-0.25, -0.2) is 0 Å². The van der Waals surface area contributed by atoms with E-state index in [1.54, 1.807) is 29.4 Å². The number of carbonyl (C=O) groups excluding carboxylic acids is 1. The van der Waals surface area contributed by atoms with Gasteiger partial charge in [-0.15, -0.1) is 0 Å². The summed E-state index contributed by atoms with van der Waals surface area (Å²) in [5, 5.41) is 17.3. The van der Waals surface area contributed by atoms with Crippen molar-refractivity contribution in [2.24, 2.45) is 5.92 Å². The monoisotopic (exact) mass is 286 g/mol. The second-order valence-corrected chi connectivity index (χ2v) is 5.52. The summed E-state index contributed by atoms with van der Waals surface area (Å²) >= 11 is 0. The Morgan fingerprint density at radius 1 is 1.43 bits per heavy atom. The quantitative estimate of drug-likeness (QED) is 0.874. The zero-order chi connectivity index (χ0) is 14.8. The molecule has 6 heteroatoms. The Kier molecular flexibility index (Phi) is 3.70. The smallest absolute Gasteiger partial charge is 0.254 e. The van der Waals surface area contributed by atoms with E-state index in [1.165, 1.54) is 0 Å². The van der Waals surface area contributed by atoms with Crippen molar-refractivity contribution >= 4 is 5.91 Å². The zero-order valence-electron chi connectivity index (χ0n) is 11.9. The zero-order valence-corrected chi connectivity index (χ0v) is 11.9. The number of pyridine rings is 1. The molecule has 21 heavy (non-hydrogen) atoms. The Bertz CT molecular complexity index is 626. The number of β-amino-alcohol motifs (C(OH)–C–C–N with tert-alkyl or cyclic N) is 1. The van der Waals surface area contributed by atoms with Gasteiger partial charge in [0.05, 0.1) is 11.8 Å². The largest absolute Gasteiger partial charge is 0.391 e. The van der Waals surface area contributed by atoms with Gasteiger partial charge in [-0.1, -0.05) is 0 Å². The number of aromatic amines is 1. The first kappa shape index (κ1) is 13.8. The number of hydrogen-bond donors (Lipinski definition) is 2. The third-order valence-corrected chi connectivity index (χ3v) is 3.85. The fourth-order valence-electron chi connectivity index (χ4n) is 2.75. The van der Waals surface area contributed by atoms with E-state index in [-0.39, 0.29) is 11.8 Å². The molecule has 0 radical (unpaired) electrons. The summed E-state index contributed by atoms with van der Waals surface area (Å²) in [6.07, 6.45) is 3.37. The normalized spacial score (nSPS) is 21.7. The van der Waals surface area contributed by atoms with E-state index in [0.717, 1.165) is 11.4 Å². The van der Waals surface area contributed by atoms with Crippen molar-refractivity contribution in [2.75, 3.05) is 13.1 Å². The molecule has 2 N–H and O–H groups in total. The summed E-state index contributed by atoms with van der Waals surface area (Å²) in [7, 11) is 0. The van der Waals surface area contributed by atoms with Gasteiger partial charge in [0, 0.05) is 42.7 Å². The molecule has 3 heterocycles. The second-order valence-electron chi connectivity index (χ2n) is 5.52. The molecule has 6 nitrogen and oxygen atoms in total. The van der Waals surface area contributed by atoms with Crippen LogP contribution < -0.4 is 0 Å². The van der Waals surface area contributed by atoms with Crippen molar-refractivity contribution in [3.8, 4) is 0 Å². The summed E-state index contributed by atoms with van der Waals surface area (Å²) in [5.41, 5.74) is 2.53. The van der Waals surface area contributed by atoms with Gasteiger partial charge in [-0.3, -0.25) is 14.9 Å². The van der Waals surface area contributed by atoms with Gasteiger partial charge in [-0.05, 0) is 31.5 Å². The fraction of sp³-hybridized carbons (Fsp3) is 0.400. The molecule has 0 aromatic carbocycles. The molecule has 1 aliphatic rings. The van der Waals surface area contributed by atoms with Crippen LogP contribution in [0.5, 0.6) is 0 Å². The molecule has 0 spiro atoms. The lowest BCUT2D eigenvalue weighted by molar-refractivity contribution is 0.0764. The molecule has 2 aromatic rings. The molecular weight excluding hydrogens is 268 g/mol. The minimum Gasteiger partial charge on any atom is -0.391 e.